The van der Waals surface area contributed by atoms with E-state index in [1.54, 1.807) is 50.2 Å². The zero-order valence-corrected chi connectivity index (χ0v) is 23.5. The Morgan fingerprint density at radius 3 is 2.63 bits per heavy atom. The molecule has 3 aromatic carbocycles. The summed E-state index contributed by atoms with van der Waals surface area (Å²) in [6.45, 7) is 2.91. The Balaban J connectivity index is 1.71. The average molecular weight is 585 g/mol. The molecular formula is C29H30F2N4O5S. The molecule has 0 aromatic heterocycles. The first-order valence-corrected chi connectivity index (χ1v) is 14.3. The Morgan fingerprint density at radius 2 is 1.93 bits per heavy atom. The largest absolute Gasteiger partial charge is 0.487 e. The van der Waals surface area contributed by atoms with Crippen LogP contribution >= 0.6 is 0 Å². The number of aliphatic hydroxyl groups is 1. The van der Waals surface area contributed by atoms with Crippen molar-refractivity contribution in [3.63, 3.8) is 0 Å². The third-order valence-corrected chi connectivity index (χ3v) is 8.98. The van der Waals surface area contributed by atoms with Gasteiger partial charge >= 0.3 is 6.03 Å². The predicted octanol–water partition coefficient (Wildman–Crippen LogP) is 4.44. The van der Waals surface area contributed by atoms with E-state index in [4.69, 9.17) is 4.74 Å². The highest BCUT2D eigenvalue weighted by atomic mass is 32.2. The van der Waals surface area contributed by atoms with E-state index in [9.17, 15) is 32.4 Å². The van der Waals surface area contributed by atoms with Gasteiger partial charge in [0, 0.05) is 31.6 Å². The van der Waals surface area contributed by atoms with Crippen LogP contribution in [-0.4, -0.2) is 67.7 Å². The Morgan fingerprint density at radius 1 is 1.20 bits per heavy atom. The number of amides is 2. The Labute approximate surface area is 237 Å². The molecule has 1 heterocycles. The lowest BCUT2D eigenvalue weighted by atomic mass is 10.0. The molecule has 2 N–H and O–H groups in total. The molecule has 2 amide bonds. The third-order valence-electron chi connectivity index (χ3n) is 6.96. The minimum Gasteiger partial charge on any atom is -0.487 e. The molecule has 9 nitrogen and oxygen atoms in total. The molecule has 3 aromatic rings. The number of ether oxygens (including phenoxy) is 1. The van der Waals surface area contributed by atoms with Crippen LogP contribution in [0.2, 0.25) is 0 Å². The van der Waals surface area contributed by atoms with E-state index in [0.717, 1.165) is 18.2 Å². The van der Waals surface area contributed by atoms with E-state index in [2.05, 4.69) is 11.4 Å². The molecule has 216 valence electrons. The second-order valence-electron chi connectivity index (χ2n) is 10.0. The van der Waals surface area contributed by atoms with Crippen LogP contribution in [0.4, 0.5) is 19.3 Å². The molecule has 1 aliphatic heterocycles. The van der Waals surface area contributed by atoms with Gasteiger partial charge in [0.25, 0.3) is 0 Å². The molecule has 3 atom stereocenters. The van der Waals surface area contributed by atoms with Crippen LogP contribution in [0, 0.1) is 28.9 Å². The zero-order valence-electron chi connectivity index (χ0n) is 22.7. The van der Waals surface area contributed by atoms with Crippen molar-refractivity contribution in [1.82, 2.24) is 9.21 Å². The number of anilines is 1. The van der Waals surface area contributed by atoms with Crippen LogP contribution in [0.3, 0.4) is 0 Å². The number of nitrogens with zero attached hydrogens (tertiary/aromatic N) is 3. The number of fused-ring (bicyclic) bond motifs is 1. The Bertz CT molecular complexity index is 1590. The zero-order chi connectivity index (χ0) is 29.9. The molecule has 4 rings (SSSR count). The fourth-order valence-electron chi connectivity index (χ4n) is 4.55. The van der Waals surface area contributed by atoms with E-state index >= 15 is 0 Å². The monoisotopic (exact) mass is 584 g/mol. The van der Waals surface area contributed by atoms with Gasteiger partial charge in [-0.05, 0) is 54.4 Å². The van der Waals surface area contributed by atoms with Crippen molar-refractivity contribution in [3.05, 3.63) is 77.9 Å². The van der Waals surface area contributed by atoms with Crippen molar-refractivity contribution in [1.29, 1.82) is 5.26 Å². The van der Waals surface area contributed by atoms with Gasteiger partial charge in [-0.15, -0.1) is 0 Å². The number of hydrogen-bond acceptors (Lipinski definition) is 6. The van der Waals surface area contributed by atoms with E-state index in [0.29, 0.717) is 16.7 Å². The lowest BCUT2D eigenvalue weighted by Gasteiger charge is -2.37. The first kappa shape index (κ1) is 29.9. The summed E-state index contributed by atoms with van der Waals surface area (Å²) in [4.78, 5) is 14.0. The minimum absolute atomic E-state index is 0.00584. The van der Waals surface area contributed by atoms with Gasteiger partial charge in [0.15, 0.2) is 0 Å². The molecule has 12 heteroatoms. The highest BCUT2D eigenvalue weighted by Crippen LogP contribution is 2.36. The summed E-state index contributed by atoms with van der Waals surface area (Å²) in [5.41, 5.74) is 1.39. The number of carbonyl (C=O) groups excluding carboxylic acids is 1. The fourth-order valence-corrected chi connectivity index (χ4v) is 6.37. The molecular weight excluding hydrogens is 554 g/mol. The molecule has 0 bridgehead atoms. The summed E-state index contributed by atoms with van der Waals surface area (Å²) in [5, 5.41) is 21.5. The maximum Gasteiger partial charge on any atom is 0.321 e. The number of aliphatic hydroxyl groups excluding tert-OH is 1. The Hall–Kier alpha value is -4.05. The molecule has 0 spiro atoms. The lowest BCUT2D eigenvalue weighted by Crippen LogP contribution is -2.50. The number of nitriles is 1. The summed E-state index contributed by atoms with van der Waals surface area (Å²) in [6, 6.07) is 14.8. The number of carbonyl (C=O) groups is 1. The Kier molecular flexibility index (Phi) is 8.92. The SMILES string of the molecule is C[C@@H]1CN([C@@H](C)CO)S(=O)(=O)c2ccc(-c3cccc(C#N)c3)cc2O[C@@H]1CN(C)C(=O)Nc1cc(F)ccc1F. The summed E-state index contributed by atoms with van der Waals surface area (Å²) >= 11 is 0. The topological polar surface area (TPSA) is 123 Å². The second kappa shape index (κ2) is 12.2. The average Bonchev–Trinajstić information content (AvgIpc) is 2.96. The number of nitrogens with one attached hydrogen (secondary N) is 1. The van der Waals surface area contributed by atoms with Gasteiger partial charge in [-0.1, -0.05) is 25.1 Å². The first-order valence-electron chi connectivity index (χ1n) is 12.9. The smallest absolute Gasteiger partial charge is 0.321 e. The molecule has 1 aliphatic rings. The number of likely N-dealkylation sites (N-methyl/N-ethyl adjacent to an activating group) is 1. The molecule has 0 aliphatic carbocycles. The van der Waals surface area contributed by atoms with Crippen LogP contribution in [0.15, 0.2) is 65.6 Å². The lowest BCUT2D eigenvalue weighted by molar-refractivity contribution is 0.0830. The number of urea groups is 1. The standard InChI is InChI=1S/C29H30F2N4O5S/c1-18-15-35(19(2)17-36)41(38,39)28-10-7-22(21-6-4-5-20(11-21)14-32)12-26(28)40-27(18)16-34(3)29(37)33-25-13-23(30)8-9-24(25)31/h4-13,18-19,27,36H,15-17H2,1-3H3,(H,33,37)/t18-,19+,27-/m1/s1. The van der Waals surface area contributed by atoms with E-state index in [-0.39, 0.29) is 29.4 Å². The summed E-state index contributed by atoms with van der Waals surface area (Å²) in [5.74, 6) is -1.93. The van der Waals surface area contributed by atoms with Crippen LogP contribution in [0.25, 0.3) is 11.1 Å². The van der Waals surface area contributed by atoms with Crippen molar-refractivity contribution < 1.29 is 31.8 Å². The summed E-state index contributed by atoms with van der Waals surface area (Å²) in [7, 11) is -2.64. The normalized spacial score (nSPS) is 19.0. The number of hydrogen-bond donors (Lipinski definition) is 2. The second-order valence-corrected chi connectivity index (χ2v) is 11.9. The molecule has 0 saturated carbocycles. The fraction of sp³-hybridized carbons (Fsp3) is 0.310. The van der Waals surface area contributed by atoms with Crippen LogP contribution < -0.4 is 10.1 Å². The molecule has 0 unspecified atom stereocenters. The summed E-state index contributed by atoms with van der Waals surface area (Å²) in [6.07, 6.45) is -0.730. The molecule has 41 heavy (non-hydrogen) atoms. The third kappa shape index (κ3) is 6.48. The highest BCUT2D eigenvalue weighted by Gasteiger charge is 2.38. The van der Waals surface area contributed by atoms with Gasteiger partial charge in [-0.2, -0.15) is 9.57 Å². The minimum atomic E-state index is -4.09. The number of benzene rings is 3. The first-order chi connectivity index (χ1) is 19.4. The van der Waals surface area contributed by atoms with Gasteiger partial charge in [-0.3, -0.25) is 0 Å². The molecule has 0 fully saturated rings. The van der Waals surface area contributed by atoms with Crippen molar-refractivity contribution in [2.45, 2.75) is 30.9 Å². The van der Waals surface area contributed by atoms with E-state index in [1.807, 2.05) is 0 Å². The van der Waals surface area contributed by atoms with Gasteiger partial charge in [-0.25, -0.2) is 22.0 Å². The van der Waals surface area contributed by atoms with Crippen LogP contribution in [0.5, 0.6) is 5.75 Å². The number of halogens is 2. The van der Waals surface area contributed by atoms with Gasteiger partial charge in [0.1, 0.15) is 28.4 Å². The molecule has 0 radical (unpaired) electrons. The van der Waals surface area contributed by atoms with Crippen molar-refractivity contribution >= 4 is 21.7 Å². The van der Waals surface area contributed by atoms with Gasteiger partial charge in [0.05, 0.1) is 30.5 Å². The van der Waals surface area contributed by atoms with Crippen LogP contribution in [0.1, 0.15) is 19.4 Å². The highest BCUT2D eigenvalue weighted by molar-refractivity contribution is 7.89. The maximum atomic E-state index is 14.1. The number of rotatable bonds is 6. The van der Waals surface area contributed by atoms with Crippen molar-refractivity contribution in [2.24, 2.45) is 5.92 Å². The predicted molar refractivity (Wildman–Crippen MR) is 149 cm³/mol. The van der Waals surface area contributed by atoms with E-state index < -0.39 is 52.4 Å². The number of sulfonamides is 1. The van der Waals surface area contributed by atoms with E-state index in [1.165, 1.54) is 22.3 Å². The molecule has 0 saturated heterocycles. The van der Waals surface area contributed by atoms with Gasteiger partial charge < -0.3 is 20.1 Å². The van der Waals surface area contributed by atoms with Gasteiger partial charge in [0.2, 0.25) is 10.0 Å². The summed E-state index contributed by atoms with van der Waals surface area (Å²) < 4.78 is 62.6. The maximum absolute atomic E-state index is 14.1. The van der Waals surface area contributed by atoms with Crippen LogP contribution in [-0.2, 0) is 10.0 Å². The van der Waals surface area contributed by atoms with Crippen molar-refractivity contribution in [2.75, 3.05) is 32.1 Å². The van der Waals surface area contributed by atoms with Crippen molar-refractivity contribution in [3.8, 4) is 22.9 Å². The quantitative estimate of drug-likeness (QED) is 0.442.